The Balaban J connectivity index is 1.99. The lowest BCUT2D eigenvalue weighted by molar-refractivity contribution is 0.101. The highest BCUT2D eigenvalue weighted by Crippen LogP contribution is 2.38. The van der Waals surface area contributed by atoms with Gasteiger partial charge < -0.3 is 0 Å². The highest BCUT2D eigenvalue weighted by atomic mass is 16.1. The molecule has 0 aromatic heterocycles. The van der Waals surface area contributed by atoms with Crippen molar-refractivity contribution in [1.29, 1.82) is 0 Å². The van der Waals surface area contributed by atoms with Gasteiger partial charge in [0.2, 0.25) is 0 Å². The molecule has 0 saturated heterocycles. The normalized spacial score (nSPS) is 16.0. The van der Waals surface area contributed by atoms with Crippen molar-refractivity contribution in [1.82, 2.24) is 0 Å². The van der Waals surface area contributed by atoms with Gasteiger partial charge in [-0.15, -0.1) is 0 Å². The fourth-order valence-electron chi connectivity index (χ4n) is 3.46. The zero-order chi connectivity index (χ0) is 15.1. The second kappa shape index (κ2) is 4.96. The van der Waals surface area contributed by atoms with Gasteiger partial charge in [0.1, 0.15) is 0 Å². The highest BCUT2D eigenvalue weighted by Gasteiger charge is 2.23. The topological polar surface area (TPSA) is 17.1 Å². The predicted molar refractivity (Wildman–Crippen MR) is 91.3 cm³/mol. The van der Waals surface area contributed by atoms with Crippen LogP contribution < -0.4 is 0 Å². The quantitative estimate of drug-likeness (QED) is 0.591. The van der Waals surface area contributed by atoms with Crippen LogP contribution in [0.25, 0.3) is 16.8 Å². The largest absolute Gasteiger partial charge is 0.294 e. The second-order valence-electron chi connectivity index (χ2n) is 5.77. The zero-order valence-electron chi connectivity index (χ0n) is 12.4. The van der Waals surface area contributed by atoms with Gasteiger partial charge in [-0.05, 0) is 34.4 Å². The summed E-state index contributed by atoms with van der Waals surface area (Å²) in [6, 6.07) is 20.7. The van der Waals surface area contributed by atoms with Crippen LogP contribution in [0.4, 0.5) is 0 Å². The molecule has 3 aromatic carbocycles. The Bertz CT molecular complexity index is 918. The lowest BCUT2D eigenvalue weighted by Crippen LogP contribution is -2.05. The Morgan fingerprint density at radius 1 is 0.864 bits per heavy atom. The summed E-state index contributed by atoms with van der Waals surface area (Å²) in [6.07, 6.45) is 4.35. The molecule has 1 aliphatic carbocycles. The smallest absolute Gasteiger partial charge is 0.160 e. The molecule has 1 atom stereocenters. The molecule has 1 unspecified atom stereocenters. The van der Waals surface area contributed by atoms with Crippen molar-refractivity contribution in [2.75, 3.05) is 0 Å². The number of hydrogen-bond donors (Lipinski definition) is 0. The van der Waals surface area contributed by atoms with Crippen LogP contribution in [0, 0.1) is 0 Å². The average Bonchev–Trinajstić information content (AvgIpc) is 2.97. The first-order valence-electron chi connectivity index (χ1n) is 7.55. The molecule has 0 fully saturated rings. The van der Waals surface area contributed by atoms with Gasteiger partial charge in [-0.1, -0.05) is 72.8 Å². The van der Waals surface area contributed by atoms with Gasteiger partial charge in [0.05, 0.1) is 0 Å². The first-order chi connectivity index (χ1) is 10.8. The molecule has 106 valence electrons. The Labute approximate surface area is 129 Å². The van der Waals surface area contributed by atoms with Crippen LogP contribution in [-0.4, -0.2) is 5.78 Å². The van der Waals surface area contributed by atoms with Gasteiger partial charge in [0.25, 0.3) is 0 Å². The summed E-state index contributed by atoms with van der Waals surface area (Å²) in [5.41, 5.74) is 4.48. The van der Waals surface area contributed by atoms with E-state index in [0.717, 1.165) is 21.9 Å². The molecule has 0 saturated carbocycles. The lowest BCUT2D eigenvalue weighted by Gasteiger charge is -2.17. The number of fused-ring (bicyclic) bond motifs is 2. The van der Waals surface area contributed by atoms with Gasteiger partial charge in [0.15, 0.2) is 5.78 Å². The molecule has 1 aliphatic rings. The fraction of sp³-hybridized carbons (Fsp3) is 0.0952. The maximum Gasteiger partial charge on any atom is 0.160 e. The van der Waals surface area contributed by atoms with Crippen molar-refractivity contribution < 1.29 is 4.79 Å². The van der Waals surface area contributed by atoms with Gasteiger partial charge in [0, 0.05) is 11.5 Å². The molecule has 0 N–H and O–H groups in total. The van der Waals surface area contributed by atoms with Crippen LogP contribution in [0.2, 0.25) is 0 Å². The molecule has 0 amide bonds. The third-order valence-corrected chi connectivity index (χ3v) is 4.45. The van der Waals surface area contributed by atoms with Gasteiger partial charge in [-0.3, -0.25) is 4.79 Å². The van der Waals surface area contributed by atoms with E-state index in [1.807, 2.05) is 18.2 Å². The number of hydrogen-bond acceptors (Lipinski definition) is 1. The summed E-state index contributed by atoms with van der Waals surface area (Å²) in [6.45, 7) is 1.66. The molecule has 1 heteroatoms. The number of carbonyl (C=O) groups excluding carboxylic acids is 1. The van der Waals surface area contributed by atoms with E-state index in [-0.39, 0.29) is 11.7 Å². The molecule has 0 aliphatic heterocycles. The van der Waals surface area contributed by atoms with Crippen molar-refractivity contribution in [3.05, 3.63) is 89.0 Å². The summed E-state index contributed by atoms with van der Waals surface area (Å²) in [4.78, 5) is 12.3. The molecule has 3 aromatic rings. The van der Waals surface area contributed by atoms with Crippen molar-refractivity contribution in [3.63, 3.8) is 0 Å². The lowest BCUT2D eigenvalue weighted by atomic mass is 9.86. The molecule has 22 heavy (non-hydrogen) atoms. The van der Waals surface area contributed by atoms with E-state index in [9.17, 15) is 4.79 Å². The Kier molecular flexibility index (Phi) is 2.93. The molecule has 0 radical (unpaired) electrons. The number of allylic oxidation sites excluding steroid dienone is 1. The average molecular weight is 284 g/mol. The molecule has 0 spiro atoms. The second-order valence-corrected chi connectivity index (χ2v) is 5.77. The molecule has 4 rings (SSSR count). The van der Waals surface area contributed by atoms with E-state index in [2.05, 4.69) is 54.6 Å². The summed E-state index contributed by atoms with van der Waals surface area (Å²) < 4.78 is 0. The monoisotopic (exact) mass is 284 g/mol. The van der Waals surface area contributed by atoms with E-state index in [4.69, 9.17) is 0 Å². The number of benzene rings is 3. The van der Waals surface area contributed by atoms with E-state index in [1.54, 1.807) is 6.92 Å². The van der Waals surface area contributed by atoms with Crippen molar-refractivity contribution in [2.45, 2.75) is 12.8 Å². The Hall–Kier alpha value is -2.67. The minimum absolute atomic E-state index is 0.129. The minimum atomic E-state index is 0.129. The standard InChI is InChI=1S/C21H16O/c1-14(22)21-18-9-5-3-7-16(18)11-13-20(21)19-12-10-15-6-2-4-8-17(15)19/h2-13,19H,1H3. The van der Waals surface area contributed by atoms with Crippen LogP contribution in [0.15, 0.2) is 66.7 Å². The maximum atomic E-state index is 12.3. The third-order valence-electron chi connectivity index (χ3n) is 4.45. The van der Waals surface area contributed by atoms with Gasteiger partial charge in [-0.2, -0.15) is 0 Å². The van der Waals surface area contributed by atoms with Crippen molar-refractivity contribution in [3.8, 4) is 0 Å². The van der Waals surface area contributed by atoms with Crippen molar-refractivity contribution in [2.24, 2.45) is 0 Å². The number of rotatable bonds is 2. The number of Topliss-reactive ketones (excluding diaryl/α,β-unsaturated/α-hetero) is 1. The van der Waals surface area contributed by atoms with E-state index in [0.29, 0.717) is 0 Å². The zero-order valence-corrected chi connectivity index (χ0v) is 12.4. The van der Waals surface area contributed by atoms with Crippen LogP contribution >= 0.6 is 0 Å². The van der Waals surface area contributed by atoms with Crippen LogP contribution in [-0.2, 0) is 0 Å². The highest BCUT2D eigenvalue weighted by molar-refractivity contribution is 6.08. The summed E-state index contributed by atoms with van der Waals surface area (Å²) >= 11 is 0. The van der Waals surface area contributed by atoms with Crippen LogP contribution in [0.1, 0.15) is 39.9 Å². The molecule has 0 bridgehead atoms. The van der Waals surface area contributed by atoms with Crippen molar-refractivity contribution >= 4 is 22.6 Å². The maximum absolute atomic E-state index is 12.3. The molecule has 0 heterocycles. The predicted octanol–water partition coefficient (Wildman–Crippen LogP) is 5.20. The van der Waals surface area contributed by atoms with Gasteiger partial charge in [-0.25, -0.2) is 0 Å². The SMILES string of the molecule is CC(=O)c1c(C2C=Cc3ccccc32)ccc2ccccc12. The summed E-state index contributed by atoms with van der Waals surface area (Å²) in [5, 5.41) is 2.16. The van der Waals surface area contributed by atoms with Crippen LogP contribution in [0.5, 0.6) is 0 Å². The Morgan fingerprint density at radius 3 is 2.50 bits per heavy atom. The number of carbonyl (C=O) groups is 1. The summed E-state index contributed by atoms with van der Waals surface area (Å²) in [5.74, 6) is 0.296. The van der Waals surface area contributed by atoms with E-state index in [1.165, 1.54) is 11.1 Å². The first-order valence-corrected chi connectivity index (χ1v) is 7.55. The molecular weight excluding hydrogens is 268 g/mol. The number of ketones is 1. The minimum Gasteiger partial charge on any atom is -0.294 e. The Morgan fingerprint density at radius 2 is 1.64 bits per heavy atom. The third kappa shape index (κ3) is 1.90. The van der Waals surface area contributed by atoms with E-state index >= 15 is 0 Å². The van der Waals surface area contributed by atoms with Crippen LogP contribution in [0.3, 0.4) is 0 Å². The first kappa shape index (κ1) is 13.0. The molecule has 1 nitrogen and oxygen atoms in total. The fourth-order valence-corrected chi connectivity index (χ4v) is 3.46. The van der Waals surface area contributed by atoms with Gasteiger partial charge >= 0.3 is 0 Å². The summed E-state index contributed by atoms with van der Waals surface area (Å²) in [7, 11) is 0. The molecular formula is C21H16O. The van der Waals surface area contributed by atoms with E-state index < -0.39 is 0 Å².